The Hall–Kier alpha value is -3.09. The van der Waals surface area contributed by atoms with Crippen LogP contribution >= 0.6 is 0 Å². The molecule has 0 radical (unpaired) electrons. The number of carbonyl (C=O) groups excluding carboxylic acids is 2. The smallest absolute Gasteiger partial charge is 0.479 e. The van der Waals surface area contributed by atoms with E-state index in [1.54, 1.807) is 19.1 Å². The molecule has 6 aliphatic rings. The highest BCUT2D eigenvalue weighted by molar-refractivity contribution is 6.61. The molecule has 1 aromatic heterocycles. The molecule has 2 heterocycles. The molecule has 10 atom stereocenters. The van der Waals surface area contributed by atoms with Crippen LogP contribution in [0.5, 0.6) is 5.75 Å². The van der Waals surface area contributed by atoms with E-state index in [0.29, 0.717) is 30.1 Å². The first-order chi connectivity index (χ1) is 21.3. The molecule has 1 spiro atoms. The van der Waals surface area contributed by atoms with Gasteiger partial charge in [0.25, 0.3) is 0 Å². The number of ether oxygens (including phenoxy) is 2. The number of ketones is 1. The van der Waals surface area contributed by atoms with Crippen molar-refractivity contribution in [2.75, 3.05) is 6.61 Å². The maximum Gasteiger partial charge on any atom is 0.494 e. The quantitative estimate of drug-likeness (QED) is 0.364. The van der Waals surface area contributed by atoms with Crippen LogP contribution in [0.25, 0.3) is 6.08 Å². The molecule has 12 heteroatoms. The molecule has 0 amide bonds. The Morgan fingerprint density at radius 1 is 1.29 bits per heavy atom. The first kappa shape index (κ1) is 30.6. The van der Waals surface area contributed by atoms with Gasteiger partial charge in [-0.05, 0) is 66.9 Å². The van der Waals surface area contributed by atoms with Crippen molar-refractivity contribution < 1.29 is 42.8 Å². The molecule has 45 heavy (non-hydrogen) atoms. The summed E-state index contributed by atoms with van der Waals surface area (Å²) < 4.78 is 37.5. The van der Waals surface area contributed by atoms with E-state index in [1.165, 1.54) is 6.07 Å². The number of esters is 1. The van der Waals surface area contributed by atoms with Gasteiger partial charge in [0.1, 0.15) is 11.9 Å². The third-order valence-corrected chi connectivity index (χ3v) is 12.5. The van der Waals surface area contributed by atoms with Gasteiger partial charge in [0.05, 0.1) is 12.7 Å². The van der Waals surface area contributed by atoms with Crippen LogP contribution in [-0.2, 0) is 25.6 Å². The van der Waals surface area contributed by atoms with Crippen LogP contribution in [0.2, 0.25) is 0 Å². The molecular formula is C33H40BFN2O8. The van der Waals surface area contributed by atoms with Crippen molar-refractivity contribution in [3.05, 3.63) is 41.3 Å². The Morgan fingerprint density at radius 2 is 2.07 bits per heavy atom. The first-order valence-electron chi connectivity index (χ1n) is 15.9. The topological polar surface area (TPSA) is 141 Å². The molecule has 5 saturated carbocycles. The SMILES string of the molecule is Cc1noc(/C=C/[C@]2(C)C[C@@H](OC(=O)COc3ccc4c(c3F)B(O)OC4)[C@]3(C)[C@H](C)C[C@H]4C5C(=O)CC[C@@]4([C@@H](C)[C@@H]2O)[C@@H]53)n1. The zero-order valence-corrected chi connectivity index (χ0v) is 26.3. The number of hydrogen-bond acceptors (Lipinski definition) is 10. The summed E-state index contributed by atoms with van der Waals surface area (Å²) in [7, 11) is -1.39. The molecule has 5 fully saturated rings. The van der Waals surface area contributed by atoms with Crippen molar-refractivity contribution >= 4 is 30.4 Å². The lowest BCUT2D eigenvalue weighted by Gasteiger charge is -2.78. The maximum absolute atomic E-state index is 15.1. The number of aliphatic hydroxyl groups is 1. The highest BCUT2D eigenvalue weighted by Crippen LogP contribution is 2.79. The predicted octanol–water partition coefficient (Wildman–Crippen LogP) is 3.40. The standard InChI is InChI=1S/C33H40BFN2O8/c1-16-12-20-26-21(38)8-11-33(20)17(2)30(40)31(4,10-9-24-36-18(3)37-45-24)13-23(32(16,5)29(26)33)44-25(39)15-42-22-7-6-19-14-43-34(41)27(19)28(22)35/h6-7,9-10,16-17,20,23,26,29-30,40-41H,8,11-15H2,1-5H3/b10-9+/t16-,17+,20+,23-,26?,29+,30+,31-,32+,33+/m1/s1. The summed E-state index contributed by atoms with van der Waals surface area (Å²) in [6.45, 7) is 9.66. The Morgan fingerprint density at radius 3 is 2.80 bits per heavy atom. The lowest BCUT2D eigenvalue weighted by molar-refractivity contribution is -0.322. The van der Waals surface area contributed by atoms with Gasteiger partial charge in [-0.1, -0.05) is 45.0 Å². The number of aliphatic hydroxyl groups excluding tert-OH is 1. The second-order valence-electron chi connectivity index (χ2n) is 14.5. The molecule has 240 valence electrons. The fourth-order valence-electron chi connectivity index (χ4n) is 10.2. The molecule has 2 aromatic rings. The van der Waals surface area contributed by atoms with Gasteiger partial charge in [-0.25, -0.2) is 9.18 Å². The maximum atomic E-state index is 15.1. The normalized spacial score (nSPS) is 40.0. The molecule has 8 rings (SSSR count). The Kier molecular flexibility index (Phi) is 7.11. The van der Waals surface area contributed by atoms with E-state index in [-0.39, 0.29) is 65.0 Å². The van der Waals surface area contributed by atoms with Gasteiger partial charge >= 0.3 is 13.1 Å². The van der Waals surface area contributed by atoms with Crippen molar-refractivity contribution in [3.63, 3.8) is 0 Å². The van der Waals surface area contributed by atoms with Gasteiger partial charge in [-0.15, -0.1) is 0 Å². The van der Waals surface area contributed by atoms with Gasteiger partial charge in [-0.2, -0.15) is 4.98 Å². The largest absolute Gasteiger partial charge is 0.494 e. The first-order valence-corrected chi connectivity index (χ1v) is 15.9. The number of aryl methyl sites for hydroxylation is 1. The highest BCUT2D eigenvalue weighted by Gasteiger charge is 2.79. The van der Waals surface area contributed by atoms with E-state index in [0.717, 1.165) is 6.42 Å². The van der Waals surface area contributed by atoms with E-state index in [4.69, 9.17) is 18.7 Å². The highest BCUT2D eigenvalue weighted by atomic mass is 19.1. The van der Waals surface area contributed by atoms with Gasteiger partial charge in [0.2, 0.25) is 5.89 Å². The summed E-state index contributed by atoms with van der Waals surface area (Å²) in [4.78, 5) is 31.2. The van der Waals surface area contributed by atoms with E-state index in [2.05, 4.69) is 30.9 Å². The lowest BCUT2D eigenvalue weighted by Crippen LogP contribution is -2.78. The van der Waals surface area contributed by atoms with E-state index >= 15 is 4.39 Å². The zero-order valence-electron chi connectivity index (χ0n) is 26.3. The molecule has 1 aliphatic heterocycles. The number of Topliss-reactive ketones (excluding diaryl/α,β-unsaturated/α-hetero) is 1. The number of rotatable bonds is 6. The minimum atomic E-state index is -1.39. The monoisotopic (exact) mass is 622 g/mol. The lowest BCUT2D eigenvalue weighted by atomic mass is 9.25. The van der Waals surface area contributed by atoms with Crippen LogP contribution in [0.15, 0.2) is 22.7 Å². The summed E-state index contributed by atoms with van der Waals surface area (Å²) >= 11 is 0. The summed E-state index contributed by atoms with van der Waals surface area (Å²) in [6, 6.07) is 3.01. The van der Waals surface area contributed by atoms with Gasteiger partial charge < -0.3 is 28.8 Å². The fourth-order valence-corrected chi connectivity index (χ4v) is 10.2. The molecule has 1 aromatic carbocycles. The van der Waals surface area contributed by atoms with Crippen molar-refractivity contribution in [2.24, 2.45) is 45.8 Å². The number of benzene rings is 1. The summed E-state index contributed by atoms with van der Waals surface area (Å²) in [5, 5.41) is 26.0. The summed E-state index contributed by atoms with van der Waals surface area (Å²) in [6.07, 6.45) is 4.42. The zero-order chi connectivity index (χ0) is 32.1. The minimum Gasteiger partial charge on any atom is -0.479 e. The number of carbonyl (C=O) groups is 2. The molecule has 1 unspecified atom stereocenters. The van der Waals surface area contributed by atoms with Crippen LogP contribution in [0.4, 0.5) is 4.39 Å². The van der Waals surface area contributed by atoms with Crippen molar-refractivity contribution in [3.8, 4) is 5.75 Å². The molecule has 5 aliphatic carbocycles. The molecular weight excluding hydrogens is 582 g/mol. The molecule has 2 N–H and O–H groups in total. The Bertz CT molecular complexity index is 1580. The van der Waals surface area contributed by atoms with Gasteiger partial charge in [0.15, 0.2) is 24.0 Å². The van der Waals surface area contributed by atoms with Crippen LogP contribution < -0.4 is 10.2 Å². The third kappa shape index (κ3) is 4.31. The number of nitrogens with zero attached hydrogens (tertiary/aromatic N) is 2. The number of aromatic nitrogens is 2. The second-order valence-corrected chi connectivity index (χ2v) is 14.5. The summed E-state index contributed by atoms with van der Waals surface area (Å²) in [5.41, 5.74) is -1.14. The molecule has 10 nitrogen and oxygen atoms in total. The summed E-state index contributed by atoms with van der Waals surface area (Å²) in [5.74, 6) is -0.483. The number of halogens is 1. The van der Waals surface area contributed by atoms with Crippen molar-refractivity contribution in [2.45, 2.75) is 79.1 Å². The van der Waals surface area contributed by atoms with Gasteiger partial charge in [-0.3, -0.25) is 4.79 Å². The Labute approximate surface area is 261 Å². The fraction of sp³-hybridized carbons (Fsp3) is 0.636. The van der Waals surface area contributed by atoms with Crippen molar-refractivity contribution in [1.29, 1.82) is 0 Å². The number of hydrogen-bond donors (Lipinski definition) is 2. The average molecular weight is 622 g/mol. The van der Waals surface area contributed by atoms with Gasteiger partial charge in [0, 0.05) is 34.7 Å². The van der Waals surface area contributed by atoms with E-state index in [9.17, 15) is 19.7 Å². The van der Waals surface area contributed by atoms with E-state index < -0.39 is 48.5 Å². The Balaban J connectivity index is 1.22. The van der Waals surface area contributed by atoms with Crippen molar-refractivity contribution in [1.82, 2.24) is 10.1 Å². The minimum absolute atomic E-state index is 0.00701. The molecule has 0 saturated heterocycles. The van der Waals surface area contributed by atoms with Crippen LogP contribution in [0.3, 0.4) is 0 Å². The second kappa shape index (κ2) is 10.5. The van der Waals surface area contributed by atoms with Crippen LogP contribution in [-0.4, -0.2) is 58.0 Å². The third-order valence-electron chi connectivity index (χ3n) is 12.5. The molecule has 5 bridgehead atoms. The number of fused-ring (bicyclic) bond motifs is 2. The van der Waals surface area contributed by atoms with Crippen LogP contribution in [0.1, 0.15) is 70.7 Å². The average Bonchev–Trinajstić information content (AvgIpc) is 3.60. The predicted molar refractivity (Wildman–Crippen MR) is 159 cm³/mol. The van der Waals surface area contributed by atoms with E-state index in [1.807, 2.05) is 13.0 Å². The van der Waals surface area contributed by atoms with Crippen LogP contribution in [0, 0.1) is 58.6 Å².